The number of halogens is 6. The highest BCUT2D eigenvalue weighted by atomic mass is 19.4. The first-order valence-corrected chi connectivity index (χ1v) is 10.9. The highest BCUT2D eigenvalue weighted by Gasteiger charge is 2.39. The molecule has 3 rings (SSSR count). The number of hydrogen-bond donors (Lipinski definition) is 3. The van der Waals surface area contributed by atoms with E-state index in [9.17, 15) is 45.8 Å². The van der Waals surface area contributed by atoms with Gasteiger partial charge in [-0.3, -0.25) is 9.59 Å². The lowest BCUT2D eigenvalue weighted by atomic mass is 10.0. The number of alkyl halides is 6. The number of nitrogens with one attached hydrogen (secondary N) is 2. The number of benzene rings is 1. The second-order valence-corrected chi connectivity index (χ2v) is 7.87. The molecule has 0 aliphatic rings. The van der Waals surface area contributed by atoms with Crippen LogP contribution in [0.5, 0.6) is 5.88 Å². The van der Waals surface area contributed by atoms with E-state index in [2.05, 4.69) is 25.5 Å². The molecule has 208 valence electrons. The van der Waals surface area contributed by atoms with Crippen molar-refractivity contribution < 1.29 is 50.6 Å². The maximum atomic E-state index is 13.5. The van der Waals surface area contributed by atoms with E-state index < -0.39 is 59.4 Å². The molecule has 2 heterocycles. The Kier molecular flexibility index (Phi) is 8.46. The van der Waals surface area contributed by atoms with E-state index in [1.165, 1.54) is 12.1 Å². The molecule has 0 fully saturated rings. The number of hydrogen-bond acceptors (Lipinski definition) is 6. The van der Waals surface area contributed by atoms with Crippen molar-refractivity contribution in [2.75, 3.05) is 19.7 Å². The smallest absolute Gasteiger partial charge is 0.435 e. The maximum Gasteiger partial charge on any atom is 0.435 e. The van der Waals surface area contributed by atoms with Crippen LogP contribution in [0.15, 0.2) is 42.7 Å². The van der Waals surface area contributed by atoms with Gasteiger partial charge >= 0.3 is 18.3 Å². The van der Waals surface area contributed by atoms with Crippen LogP contribution < -0.4 is 15.4 Å². The molecule has 39 heavy (non-hydrogen) atoms. The van der Waals surface area contributed by atoms with Crippen LogP contribution in [0.2, 0.25) is 0 Å². The Balaban J connectivity index is 1.67. The molecular weight excluding hydrogens is 540 g/mol. The standard InChI is InChI=1S/C23H19F6N5O5/c1-12-14(9-32-20(16(12)21(37)38)39-11-22(24,25)26)18(35)30-7-8-31-19(36)15-10-34(13-5-3-2-4-6-13)33-17(15)23(27,28)29/h2-6,9-10H,7-8,11H2,1H3,(H,30,35)(H,31,36)(H,37,38). The number of aromatic carboxylic acids is 1. The lowest BCUT2D eigenvalue weighted by Crippen LogP contribution is -2.35. The van der Waals surface area contributed by atoms with E-state index in [1.807, 2.05) is 0 Å². The first-order chi connectivity index (χ1) is 18.2. The number of ether oxygens (including phenoxy) is 1. The minimum atomic E-state index is -4.93. The fraction of sp³-hybridized carbons (Fsp3) is 0.261. The summed E-state index contributed by atoms with van der Waals surface area (Å²) in [5, 5.41) is 17.4. The highest BCUT2D eigenvalue weighted by molar-refractivity contribution is 6.00. The molecule has 0 radical (unpaired) electrons. The SMILES string of the molecule is Cc1c(C(=O)NCCNC(=O)c2cn(-c3ccccc3)nc2C(F)(F)F)cnc(OCC(F)(F)F)c1C(=O)O. The Hall–Kier alpha value is -4.63. The van der Waals surface area contributed by atoms with E-state index in [-0.39, 0.29) is 29.9 Å². The number of carbonyl (C=O) groups excluding carboxylic acids is 2. The quantitative estimate of drug-likeness (QED) is 0.270. The van der Waals surface area contributed by atoms with Gasteiger partial charge < -0.3 is 20.5 Å². The minimum absolute atomic E-state index is 0.237. The average Bonchev–Trinajstić information content (AvgIpc) is 3.31. The Morgan fingerprint density at radius 2 is 1.56 bits per heavy atom. The molecule has 0 aliphatic heterocycles. The normalized spacial score (nSPS) is 11.7. The number of rotatable bonds is 9. The van der Waals surface area contributed by atoms with Crippen LogP contribution in [0, 0.1) is 6.92 Å². The lowest BCUT2D eigenvalue weighted by Gasteiger charge is -2.14. The van der Waals surface area contributed by atoms with Crippen LogP contribution in [-0.4, -0.2) is 63.5 Å². The Morgan fingerprint density at radius 3 is 2.10 bits per heavy atom. The lowest BCUT2D eigenvalue weighted by molar-refractivity contribution is -0.154. The zero-order chi connectivity index (χ0) is 29.0. The molecule has 2 amide bonds. The number of para-hydroxylation sites is 1. The third kappa shape index (κ3) is 7.24. The van der Waals surface area contributed by atoms with Gasteiger partial charge in [0.05, 0.1) is 16.8 Å². The number of carboxylic acids is 1. The number of carbonyl (C=O) groups is 3. The molecule has 0 bridgehead atoms. The van der Waals surface area contributed by atoms with Gasteiger partial charge in [0.15, 0.2) is 12.3 Å². The largest absolute Gasteiger partial charge is 0.477 e. The average molecular weight is 559 g/mol. The van der Waals surface area contributed by atoms with Crippen molar-refractivity contribution in [1.82, 2.24) is 25.4 Å². The maximum absolute atomic E-state index is 13.5. The molecule has 3 aromatic rings. The monoisotopic (exact) mass is 559 g/mol. The number of aromatic nitrogens is 3. The van der Waals surface area contributed by atoms with Crippen LogP contribution in [0.4, 0.5) is 26.3 Å². The summed E-state index contributed by atoms with van der Waals surface area (Å²) in [7, 11) is 0. The van der Waals surface area contributed by atoms with Crippen LogP contribution in [0.25, 0.3) is 5.69 Å². The fourth-order valence-electron chi connectivity index (χ4n) is 3.33. The fourth-order valence-corrected chi connectivity index (χ4v) is 3.33. The van der Waals surface area contributed by atoms with E-state index in [4.69, 9.17) is 0 Å². The van der Waals surface area contributed by atoms with Crippen LogP contribution in [0.3, 0.4) is 0 Å². The summed E-state index contributed by atoms with van der Waals surface area (Å²) in [6.45, 7) is -1.27. The van der Waals surface area contributed by atoms with Gasteiger partial charge in [0.1, 0.15) is 5.56 Å². The van der Waals surface area contributed by atoms with Crippen molar-refractivity contribution in [3.05, 3.63) is 70.7 Å². The Morgan fingerprint density at radius 1 is 0.974 bits per heavy atom. The molecule has 0 spiro atoms. The highest BCUT2D eigenvalue weighted by Crippen LogP contribution is 2.31. The van der Waals surface area contributed by atoms with Gasteiger partial charge in [0.25, 0.3) is 11.8 Å². The molecule has 0 saturated carbocycles. The molecular formula is C23H19F6N5O5. The zero-order valence-electron chi connectivity index (χ0n) is 19.9. The molecule has 3 N–H and O–H groups in total. The van der Waals surface area contributed by atoms with Crippen LogP contribution >= 0.6 is 0 Å². The number of nitrogens with zero attached hydrogens (tertiary/aromatic N) is 3. The topological polar surface area (TPSA) is 135 Å². The molecule has 1 aromatic carbocycles. The summed E-state index contributed by atoms with van der Waals surface area (Å²) in [5.74, 6) is -4.53. The van der Waals surface area contributed by atoms with E-state index in [0.29, 0.717) is 0 Å². The summed E-state index contributed by atoms with van der Waals surface area (Å²) < 4.78 is 83.0. The predicted molar refractivity (Wildman–Crippen MR) is 121 cm³/mol. The van der Waals surface area contributed by atoms with Gasteiger partial charge in [-0.05, 0) is 24.6 Å². The second-order valence-electron chi connectivity index (χ2n) is 7.87. The van der Waals surface area contributed by atoms with Gasteiger partial charge in [0.2, 0.25) is 5.88 Å². The van der Waals surface area contributed by atoms with Crippen molar-refractivity contribution in [2.45, 2.75) is 19.3 Å². The molecule has 0 saturated heterocycles. The first kappa shape index (κ1) is 28.9. The van der Waals surface area contributed by atoms with Crippen molar-refractivity contribution in [3.8, 4) is 11.6 Å². The summed E-state index contributed by atoms with van der Waals surface area (Å²) in [4.78, 5) is 40.0. The third-order valence-electron chi connectivity index (χ3n) is 5.08. The number of carboxylic acid groups (broad SMARTS) is 1. The predicted octanol–water partition coefficient (Wildman–Crippen LogP) is 3.39. The van der Waals surface area contributed by atoms with Crippen molar-refractivity contribution in [1.29, 1.82) is 0 Å². The van der Waals surface area contributed by atoms with E-state index >= 15 is 0 Å². The molecule has 0 unspecified atom stereocenters. The third-order valence-corrected chi connectivity index (χ3v) is 5.08. The van der Waals surface area contributed by atoms with E-state index in [1.54, 1.807) is 18.2 Å². The van der Waals surface area contributed by atoms with Crippen molar-refractivity contribution in [3.63, 3.8) is 0 Å². The summed E-state index contributed by atoms with van der Waals surface area (Å²) in [6, 6.07) is 7.78. The van der Waals surface area contributed by atoms with Gasteiger partial charge in [-0.25, -0.2) is 14.5 Å². The van der Waals surface area contributed by atoms with Crippen LogP contribution in [0.1, 0.15) is 42.3 Å². The van der Waals surface area contributed by atoms with Gasteiger partial charge in [-0.15, -0.1) is 0 Å². The molecule has 0 atom stereocenters. The Labute approximate surface area is 215 Å². The Bertz CT molecular complexity index is 1370. The molecule has 2 aromatic heterocycles. The molecule has 16 heteroatoms. The van der Waals surface area contributed by atoms with Gasteiger partial charge in [0, 0.05) is 25.5 Å². The minimum Gasteiger partial charge on any atom is -0.477 e. The van der Waals surface area contributed by atoms with Crippen molar-refractivity contribution >= 4 is 17.8 Å². The number of amides is 2. The van der Waals surface area contributed by atoms with E-state index in [0.717, 1.165) is 24.0 Å². The van der Waals surface area contributed by atoms with Crippen molar-refractivity contribution in [2.24, 2.45) is 0 Å². The van der Waals surface area contributed by atoms with Gasteiger partial charge in [-0.1, -0.05) is 18.2 Å². The first-order valence-electron chi connectivity index (χ1n) is 10.9. The summed E-state index contributed by atoms with van der Waals surface area (Å²) >= 11 is 0. The second kappa shape index (κ2) is 11.4. The molecule has 10 nitrogen and oxygen atoms in total. The summed E-state index contributed by atoms with van der Waals surface area (Å²) in [6.07, 6.45) is -7.96. The zero-order valence-corrected chi connectivity index (χ0v) is 19.9. The number of pyridine rings is 1. The van der Waals surface area contributed by atoms with Gasteiger partial charge in [-0.2, -0.15) is 31.4 Å². The summed E-state index contributed by atoms with van der Waals surface area (Å²) in [5.41, 5.74) is -3.17. The molecule has 0 aliphatic carbocycles. The van der Waals surface area contributed by atoms with Crippen LogP contribution in [-0.2, 0) is 6.18 Å².